The van der Waals surface area contributed by atoms with Gasteiger partial charge in [0, 0.05) is 26.2 Å². The van der Waals surface area contributed by atoms with Crippen molar-refractivity contribution in [1.29, 1.82) is 0 Å². The van der Waals surface area contributed by atoms with Gasteiger partial charge in [-0.2, -0.15) is 0 Å². The summed E-state index contributed by atoms with van der Waals surface area (Å²) in [6, 6.07) is 0. The lowest BCUT2D eigenvalue weighted by Gasteiger charge is -2.27. The van der Waals surface area contributed by atoms with Crippen LogP contribution >= 0.6 is 0 Å². The molecule has 0 radical (unpaired) electrons. The van der Waals surface area contributed by atoms with E-state index in [1.54, 1.807) is 4.90 Å². The van der Waals surface area contributed by atoms with E-state index in [9.17, 15) is 9.59 Å². The maximum Gasteiger partial charge on any atom is 0.412 e. The fourth-order valence-electron chi connectivity index (χ4n) is 1.74. The molecule has 19 heavy (non-hydrogen) atoms. The van der Waals surface area contributed by atoms with Crippen molar-refractivity contribution in [2.75, 3.05) is 38.6 Å². The first-order valence-corrected chi connectivity index (χ1v) is 5.92. The molecule has 1 aliphatic rings. The zero-order valence-electron chi connectivity index (χ0n) is 10.6. The summed E-state index contributed by atoms with van der Waals surface area (Å²) in [5, 5.41) is 13.0. The van der Waals surface area contributed by atoms with Gasteiger partial charge in [-0.05, 0) is 0 Å². The van der Waals surface area contributed by atoms with Crippen LogP contribution in [0.15, 0.2) is 6.20 Å². The number of amides is 2. The van der Waals surface area contributed by atoms with Crippen LogP contribution in [0.25, 0.3) is 0 Å². The number of piperazine rings is 1. The number of ether oxygens (including phenoxy) is 1. The second kappa shape index (κ2) is 6.14. The summed E-state index contributed by atoms with van der Waals surface area (Å²) >= 11 is 0. The number of nitrogens with zero attached hydrogens (tertiary/aromatic N) is 4. The number of hydrogen-bond donors (Lipinski definition) is 2. The van der Waals surface area contributed by atoms with E-state index < -0.39 is 6.09 Å². The van der Waals surface area contributed by atoms with Crippen molar-refractivity contribution in [3.05, 3.63) is 6.20 Å². The highest BCUT2D eigenvalue weighted by Gasteiger charge is 2.17. The van der Waals surface area contributed by atoms with Crippen LogP contribution in [0.4, 0.5) is 10.6 Å². The molecule has 1 aromatic heterocycles. The van der Waals surface area contributed by atoms with Crippen LogP contribution in [-0.4, -0.2) is 65.2 Å². The fraction of sp³-hybridized carbons (Fsp3) is 0.600. The van der Waals surface area contributed by atoms with Gasteiger partial charge in [-0.3, -0.25) is 10.1 Å². The standard InChI is InChI=1S/C10H16N6O3/c1-19-10(18)12-8-6-16(14-13-8)7-9(17)15-4-2-11-3-5-15/h6,11H,2-5,7H2,1H3,(H,12,18). The lowest BCUT2D eigenvalue weighted by Crippen LogP contribution is -2.47. The van der Waals surface area contributed by atoms with Crippen molar-refractivity contribution < 1.29 is 14.3 Å². The van der Waals surface area contributed by atoms with Crippen LogP contribution in [0.2, 0.25) is 0 Å². The summed E-state index contributed by atoms with van der Waals surface area (Å²) in [6.07, 6.45) is 0.859. The van der Waals surface area contributed by atoms with E-state index in [0.717, 1.165) is 13.1 Å². The largest absolute Gasteiger partial charge is 0.453 e. The Morgan fingerprint density at radius 2 is 2.21 bits per heavy atom. The van der Waals surface area contributed by atoms with Crippen LogP contribution in [0.5, 0.6) is 0 Å². The highest BCUT2D eigenvalue weighted by atomic mass is 16.5. The molecule has 1 aliphatic heterocycles. The summed E-state index contributed by atoms with van der Waals surface area (Å²) in [4.78, 5) is 24.7. The summed E-state index contributed by atoms with van der Waals surface area (Å²) in [5.74, 6) is 0.232. The average molecular weight is 268 g/mol. The molecule has 0 aromatic carbocycles. The normalized spacial score (nSPS) is 15.1. The second-order valence-electron chi connectivity index (χ2n) is 4.05. The highest BCUT2D eigenvalue weighted by Crippen LogP contribution is 2.02. The molecule has 2 amide bonds. The summed E-state index contributed by atoms with van der Waals surface area (Å²) in [5.41, 5.74) is 0. The molecule has 1 aromatic rings. The van der Waals surface area contributed by atoms with Gasteiger partial charge in [0.05, 0.1) is 13.3 Å². The number of aromatic nitrogens is 3. The van der Waals surface area contributed by atoms with Gasteiger partial charge < -0.3 is 15.0 Å². The Morgan fingerprint density at radius 1 is 1.47 bits per heavy atom. The van der Waals surface area contributed by atoms with Gasteiger partial charge in [-0.15, -0.1) is 5.10 Å². The van der Waals surface area contributed by atoms with Crippen molar-refractivity contribution in [2.45, 2.75) is 6.54 Å². The van der Waals surface area contributed by atoms with Crippen molar-refractivity contribution >= 4 is 17.8 Å². The Balaban J connectivity index is 1.88. The van der Waals surface area contributed by atoms with E-state index in [4.69, 9.17) is 0 Å². The van der Waals surface area contributed by atoms with Gasteiger partial charge in [0.2, 0.25) is 5.91 Å². The Bertz CT molecular complexity index is 454. The SMILES string of the molecule is COC(=O)Nc1cn(CC(=O)N2CCNCC2)nn1. The Labute approximate surface area is 109 Å². The minimum Gasteiger partial charge on any atom is -0.453 e. The number of carbonyl (C=O) groups excluding carboxylic acids is 2. The van der Waals surface area contributed by atoms with Gasteiger partial charge in [0.25, 0.3) is 0 Å². The van der Waals surface area contributed by atoms with Crippen LogP contribution in [-0.2, 0) is 16.1 Å². The topological polar surface area (TPSA) is 101 Å². The molecule has 0 spiro atoms. The van der Waals surface area contributed by atoms with E-state index in [-0.39, 0.29) is 18.3 Å². The maximum absolute atomic E-state index is 12.0. The van der Waals surface area contributed by atoms with E-state index >= 15 is 0 Å². The lowest BCUT2D eigenvalue weighted by atomic mass is 10.3. The number of nitrogens with one attached hydrogen (secondary N) is 2. The first-order chi connectivity index (χ1) is 9.19. The lowest BCUT2D eigenvalue weighted by molar-refractivity contribution is -0.132. The summed E-state index contributed by atoms with van der Waals surface area (Å²) in [7, 11) is 1.26. The van der Waals surface area contributed by atoms with E-state index in [0.29, 0.717) is 13.1 Å². The molecule has 9 heteroatoms. The fourth-order valence-corrected chi connectivity index (χ4v) is 1.74. The third-order valence-corrected chi connectivity index (χ3v) is 2.72. The summed E-state index contributed by atoms with van der Waals surface area (Å²) in [6.45, 7) is 3.11. The van der Waals surface area contributed by atoms with Crippen molar-refractivity contribution in [3.63, 3.8) is 0 Å². The molecule has 1 fully saturated rings. The predicted octanol–water partition coefficient (Wildman–Crippen LogP) is -1.11. The highest BCUT2D eigenvalue weighted by molar-refractivity contribution is 5.82. The molecule has 104 valence electrons. The zero-order chi connectivity index (χ0) is 13.7. The molecule has 0 atom stereocenters. The molecule has 2 heterocycles. The number of hydrogen-bond acceptors (Lipinski definition) is 6. The minimum atomic E-state index is -0.625. The third kappa shape index (κ3) is 3.65. The van der Waals surface area contributed by atoms with Crippen LogP contribution < -0.4 is 10.6 Å². The Hall–Kier alpha value is -2.16. The minimum absolute atomic E-state index is 0.0176. The molecule has 0 unspecified atom stereocenters. The Kier molecular flexibility index (Phi) is 4.29. The molecule has 2 N–H and O–H groups in total. The molecule has 0 bridgehead atoms. The van der Waals surface area contributed by atoms with Gasteiger partial charge in [0.15, 0.2) is 5.82 Å². The van der Waals surface area contributed by atoms with Crippen molar-refractivity contribution in [3.8, 4) is 0 Å². The summed E-state index contributed by atoms with van der Waals surface area (Å²) < 4.78 is 5.82. The monoisotopic (exact) mass is 268 g/mol. The number of carbonyl (C=O) groups is 2. The molecular formula is C10H16N6O3. The van der Waals surface area contributed by atoms with E-state index in [1.807, 2.05) is 0 Å². The quantitative estimate of drug-likeness (QED) is 0.720. The van der Waals surface area contributed by atoms with Crippen LogP contribution in [0, 0.1) is 0 Å². The van der Waals surface area contributed by atoms with Gasteiger partial charge >= 0.3 is 6.09 Å². The molecule has 9 nitrogen and oxygen atoms in total. The molecule has 2 rings (SSSR count). The van der Waals surface area contributed by atoms with E-state index in [2.05, 4.69) is 25.7 Å². The van der Waals surface area contributed by atoms with Crippen LogP contribution in [0.3, 0.4) is 0 Å². The average Bonchev–Trinajstić information content (AvgIpc) is 2.86. The van der Waals surface area contributed by atoms with Crippen LogP contribution in [0.1, 0.15) is 0 Å². The zero-order valence-corrected chi connectivity index (χ0v) is 10.6. The van der Waals surface area contributed by atoms with Crippen molar-refractivity contribution in [2.24, 2.45) is 0 Å². The third-order valence-electron chi connectivity index (χ3n) is 2.72. The molecular weight excluding hydrogens is 252 g/mol. The van der Waals surface area contributed by atoms with Gasteiger partial charge in [-0.25, -0.2) is 9.48 Å². The molecule has 1 saturated heterocycles. The number of methoxy groups -OCH3 is 1. The van der Waals surface area contributed by atoms with E-state index in [1.165, 1.54) is 18.0 Å². The maximum atomic E-state index is 12.0. The Morgan fingerprint density at radius 3 is 2.89 bits per heavy atom. The van der Waals surface area contributed by atoms with Crippen molar-refractivity contribution in [1.82, 2.24) is 25.2 Å². The number of rotatable bonds is 3. The molecule has 0 saturated carbocycles. The first-order valence-electron chi connectivity index (χ1n) is 5.92. The smallest absolute Gasteiger partial charge is 0.412 e. The van der Waals surface area contributed by atoms with Gasteiger partial charge in [0.1, 0.15) is 6.54 Å². The first kappa shape index (κ1) is 13.3. The van der Waals surface area contributed by atoms with Gasteiger partial charge in [-0.1, -0.05) is 5.21 Å². The molecule has 0 aliphatic carbocycles. The second-order valence-corrected chi connectivity index (χ2v) is 4.05. The number of anilines is 1. The predicted molar refractivity (Wildman–Crippen MR) is 65.5 cm³/mol.